The lowest BCUT2D eigenvalue weighted by Gasteiger charge is -2.22. The molecule has 9 heteroatoms. The van der Waals surface area contributed by atoms with Crippen molar-refractivity contribution in [3.63, 3.8) is 0 Å². The summed E-state index contributed by atoms with van der Waals surface area (Å²) < 4.78 is 1.79. The molecule has 1 saturated carbocycles. The first-order valence-electron chi connectivity index (χ1n) is 8.04. The molecule has 1 unspecified atom stereocenters. The van der Waals surface area contributed by atoms with Gasteiger partial charge in [-0.2, -0.15) is 0 Å². The first-order chi connectivity index (χ1) is 11.6. The summed E-state index contributed by atoms with van der Waals surface area (Å²) in [7, 11) is 1.84. The van der Waals surface area contributed by atoms with Crippen LogP contribution in [0.4, 0.5) is 5.13 Å². The highest BCUT2D eigenvalue weighted by Crippen LogP contribution is 2.40. The van der Waals surface area contributed by atoms with Crippen molar-refractivity contribution in [2.24, 2.45) is 7.05 Å². The summed E-state index contributed by atoms with van der Waals surface area (Å²) in [4.78, 5) is 30.8. The van der Waals surface area contributed by atoms with Gasteiger partial charge in [-0.05, 0) is 25.7 Å². The highest BCUT2D eigenvalue weighted by molar-refractivity contribution is 7.14. The maximum atomic E-state index is 12.6. The second kappa shape index (κ2) is 5.97. The molecule has 2 aromatic heterocycles. The smallest absolute Gasteiger partial charge is 0.315 e. The molecule has 0 spiro atoms. The fourth-order valence-corrected chi connectivity index (χ4v) is 3.85. The quantitative estimate of drug-likeness (QED) is 0.849. The number of rotatable bonds is 3. The van der Waals surface area contributed by atoms with Crippen LogP contribution in [0.15, 0.2) is 11.7 Å². The molecule has 1 aliphatic carbocycles. The van der Waals surface area contributed by atoms with Gasteiger partial charge in [0.2, 0.25) is 0 Å². The predicted molar refractivity (Wildman–Crippen MR) is 87.4 cm³/mol. The standard InChI is InChI=1S/C15H18N6O2S/c1-20-8-16-19-12(20)11-3-2-6-21(11)14(23)13(22)18-15-17-10(7-24-15)9-4-5-9/h7-9,11H,2-6H2,1H3,(H,17,18,22). The van der Waals surface area contributed by atoms with Crippen LogP contribution in [0.2, 0.25) is 0 Å². The van der Waals surface area contributed by atoms with Crippen molar-refractivity contribution < 1.29 is 9.59 Å². The second-order valence-corrected chi connectivity index (χ2v) is 7.12. The first-order valence-corrected chi connectivity index (χ1v) is 8.92. The average Bonchev–Trinajstić information content (AvgIpc) is 2.97. The number of nitrogens with zero attached hydrogens (tertiary/aromatic N) is 5. The van der Waals surface area contributed by atoms with Gasteiger partial charge in [-0.1, -0.05) is 0 Å². The van der Waals surface area contributed by atoms with Crippen LogP contribution in [-0.2, 0) is 16.6 Å². The molecule has 0 radical (unpaired) electrons. The Kier molecular flexibility index (Phi) is 3.79. The van der Waals surface area contributed by atoms with Gasteiger partial charge < -0.3 is 9.47 Å². The molecule has 1 saturated heterocycles. The van der Waals surface area contributed by atoms with Gasteiger partial charge >= 0.3 is 11.8 Å². The van der Waals surface area contributed by atoms with Crippen LogP contribution in [0.3, 0.4) is 0 Å². The average molecular weight is 346 g/mol. The number of hydrogen-bond donors (Lipinski definition) is 1. The van der Waals surface area contributed by atoms with E-state index in [0.717, 1.165) is 31.4 Å². The van der Waals surface area contributed by atoms with Gasteiger partial charge in [0.05, 0.1) is 11.7 Å². The van der Waals surface area contributed by atoms with Gasteiger partial charge in [-0.15, -0.1) is 21.5 Å². The molecule has 126 valence electrons. The van der Waals surface area contributed by atoms with Crippen LogP contribution in [0.1, 0.15) is 49.2 Å². The Morgan fingerprint density at radius 3 is 2.88 bits per heavy atom. The number of thiazole rings is 1. The predicted octanol–water partition coefficient (Wildman–Crippen LogP) is 1.45. The maximum Gasteiger partial charge on any atom is 0.315 e. The van der Waals surface area contributed by atoms with E-state index < -0.39 is 11.8 Å². The summed E-state index contributed by atoms with van der Waals surface area (Å²) in [5.74, 6) is 0.0600. The monoisotopic (exact) mass is 346 g/mol. The molecule has 1 atom stereocenters. The zero-order valence-electron chi connectivity index (χ0n) is 13.3. The van der Waals surface area contributed by atoms with E-state index in [2.05, 4.69) is 20.5 Å². The normalized spacial score (nSPS) is 20.4. The summed E-state index contributed by atoms with van der Waals surface area (Å²) in [5, 5.41) is 13.0. The van der Waals surface area contributed by atoms with E-state index in [1.54, 1.807) is 15.8 Å². The summed E-state index contributed by atoms with van der Waals surface area (Å²) >= 11 is 1.37. The molecule has 3 heterocycles. The first kappa shape index (κ1) is 15.3. The topological polar surface area (TPSA) is 93.0 Å². The number of hydrogen-bond acceptors (Lipinski definition) is 6. The Hall–Kier alpha value is -2.29. The number of amides is 2. The number of aromatic nitrogens is 4. The van der Waals surface area contributed by atoms with E-state index in [4.69, 9.17) is 0 Å². The minimum atomic E-state index is -0.638. The van der Waals surface area contributed by atoms with Gasteiger partial charge in [0.1, 0.15) is 6.33 Å². The van der Waals surface area contributed by atoms with E-state index in [1.165, 1.54) is 11.3 Å². The highest BCUT2D eigenvalue weighted by atomic mass is 32.1. The van der Waals surface area contributed by atoms with Crippen molar-refractivity contribution in [2.75, 3.05) is 11.9 Å². The van der Waals surface area contributed by atoms with E-state index in [0.29, 0.717) is 23.4 Å². The fourth-order valence-electron chi connectivity index (χ4n) is 3.06. The summed E-state index contributed by atoms with van der Waals surface area (Å²) in [5.41, 5.74) is 1.01. The van der Waals surface area contributed by atoms with Crippen molar-refractivity contribution in [1.29, 1.82) is 0 Å². The SMILES string of the molecule is Cn1cnnc1C1CCCN1C(=O)C(=O)Nc1nc(C2CC2)cs1. The Balaban J connectivity index is 1.45. The Morgan fingerprint density at radius 2 is 2.17 bits per heavy atom. The third kappa shape index (κ3) is 2.79. The number of aryl methyl sites for hydroxylation is 1. The van der Waals surface area contributed by atoms with E-state index in [1.807, 2.05) is 12.4 Å². The molecule has 0 aromatic carbocycles. The van der Waals surface area contributed by atoms with Crippen molar-refractivity contribution in [3.8, 4) is 0 Å². The Bertz CT molecular complexity index is 781. The highest BCUT2D eigenvalue weighted by Gasteiger charge is 2.36. The van der Waals surface area contributed by atoms with Crippen LogP contribution in [0, 0.1) is 0 Å². The summed E-state index contributed by atoms with van der Waals surface area (Å²) in [6, 6.07) is -0.200. The largest absolute Gasteiger partial charge is 0.324 e. The minimum absolute atomic E-state index is 0.200. The van der Waals surface area contributed by atoms with Crippen LogP contribution in [0.5, 0.6) is 0 Å². The fraction of sp³-hybridized carbons (Fsp3) is 0.533. The van der Waals surface area contributed by atoms with Crippen molar-refractivity contribution >= 4 is 28.3 Å². The molecular weight excluding hydrogens is 328 g/mol. The van der Waals surface area contributed by atoms with Gasteiger partial charge in [0, 0.05) is 24.9 Å². The van der Waals surface area contributed by atoms with Crippen molar-refractivity contribution in [3.05, 3.63) is 23.2 Å². The minimum Gasteiger partial charge on any atom is -0.324 e. The molecule has 0 bridgehead atoms. The van der Waals surface area contributed by atoms with Crippen LogP contribution in [-0.4, -0.2) is 43.0 Å². The summed E-state index contributed by atoms with van der Waals surface area (Å²) in [6.45, 7) is 0.551. The molecule has 4 rings (SSSR count). The van der Waals surface area contributed by atoms with E-state index in [-0.39, 0.29) is 6.04 Å². The van der Waals surface area contributed by atoms with Gasteiger partial charge in [0.15, 0.2) is 11.0 Å². The molecule has 2 aliphatic rings. The maximum absolute atomic E-state index is 12.6. The van der Waals surface area contributed by atoms with Crippen LogP contribution < -0.4 is 5.32 Å². The Labute approximate surface area is 142 Å². The second-order valence-electron chi connectivity index (χ2n) is 6.26. The van der Waals surface area contributed by atoms with Crippen molar-refractivity contribution in [1.82, 2.24) is 24.6 Å². The van der Waals surface area contributed by atoms with Gasteiger partial charge in [-0.3, -0.25) is 14.9 Å². The molecule has 1 aliphatic heterocycles. The molecule has 2 fully saturated rings. The molecule has 2 amide bonds. The molecule has 8 nitrogen and oxygen atoms in total. The number of anilines is 1. The number of carbonyl (C=O) groups is 2. The summed E-state index contributed by atoms with van der Waals surface area (Å²) in [6.07, 6.45) is 5.55. The number of nitrogens with one attached hydrogen (secondary N) is 1. The lowest BCUT2D eigenvalue weighted by atomic mass is 10.2. The third-order valence-corrected chi connectivity index (χ3v) is 5.27. The molecule has 2 aromatic rings. The number of likely N-dealkylation sites (tertiary alicyclic amines) is 1. The zero-order valence-corrected chi connectivity index (χ0v) is 14.1. The van der Waals surface area contributed by atoms with E-state index in [9.17, 15) is 9.59 Å². The van der Waals surface area contributed by atoms with Gasteiger partial charge in [0.25, 0.3) is 0 Å². The third-order valence-electron chi connectivity index (χ3n) is 4.49. The lowest BCUT2D eigenvalue weighted by molar-refractivity contribution is -0.143. The van der Waals surface area contributed by atoms with Gasteiger partial charge in [-0.25, -0.2) is 4.98 Å². The van der Waals surface area contributed by atoms with Crippen molar-refractivity contribution in [2.45, 2.75) is 37.6 Å². The van der Waals surface area contributed by atoms with E-state index >= 15 is 0 Å². The number of carbonyl (C=O) groups excluding carboxylic acids is 2. The lowest BCUT2D eigenvalue weighted by Crippen LogP contribution is -2.39. The van der Waals surface area contributed by atoms with Crippen LogP contribution in [0.25, 0.3) is 0 Å². The molecular formula is C15H18N6O2S. The van der Waals surface area contributed by atoms with Crippen LogP contribution >= 0.6 is 11.3 Å². The molecule has 1 N–H and O–H groups in total. The molecule has 24 heavy (non-hydrogen) atoms. The zero-order chi connectivity index (χ0) is 16.7. The Morgan fingerprint density at radius 1 is 1.33 bits per heavy atom.